The average molecular weight is 524 g/mol. The molecular formula is C37H47O2. The summed E-state index contributed by atoms with van der Waals surface area (Å²) in [4.78, 5) is 12.7. The minimum atomic E-state index is 0.00974. The highest BCUT2D eigenvalue weighted by atomic mass is 16.5. The Morgan fingerprint density at radius 2 is 1.28 bits per heavy atom. The lowest BCUT2D eigenvalue weighted by atomic mass is 9.99. The van der Waals surface area contributed by atoms with Crippen LogP contribution in [0, 0.1) is 6.92 Å². The van der Waals surface area contributed by atoms with Gasteiger partial charge in [0.05, 0.1) is 6.61 Å². The molecule has 0 aliphatic carbocycles. The van der Waals surface area contributed by atoms with Crippen LogP contribution in [-0.2, 0) is 6.42 Å². The molecule has 0 heterocycles. The second kappa shape index (κ2) is 18.2. The van der Waals surface area contributed by atoms with Crippen molar-refractivity contribution in [3.05, 3.63) is 102 Å². The first kappa shape index (κ1) is 30.4. The zero-order chi connectivity index (χ0) is 27.5. The van der Waals surface area contributed by atoms with Crippen LogP contribution in [0.1, 0.15) is 105 Å². The number of carbonyl (C=O) groups excluding carboxylic acids is 1. The fourth-order valence-electron chi connectivity index (χ4n) is 4.74. The summed E-state index contributed by atoms with van der Waals surface area (Å²) < 4.78 is 5.89. The molecule has 39 heavy (non-hydrogen) atoms. The second-order valence-electron chi connectivity index (χ2n) is 10.5. The SMILES string of the molecule is [CH2]CCCCCCCCCCOc1ccc(/C=C/C(=O)c2ccc(-c3ccc(CCCCC)cc3)cc2)cc1. The summed E-state index contributed by atoms with van der Waals surface area (Å²) in [5, 5.41) is 0. The molecule has 0 saturated carbocycles. The van der Waals surface area contributed by atoms with Crippen molar-refractivity contribution < 1.29 is 9.53 Å². The van der Waals surface area contributed by atoms with Gasteiger partial charge in [-0.1, -0.05) is 145 Å². The van der Waals surface area contributed by atoms with Crippen LogP contribution >= 0.6 is 0 Å². The normalized spacial score (nSPS) is 11.2. The van der Waals surface area contributed by atoms with Gasteiger partial charge in [-0.3, -0.25) is 4.79 Å². The Kier molecular flexibility index (Phi) is 14.2. The van der Waals surface area contributed by atoms with Gasteiger partial charge in [0.15, 0.2) is 5.78 Å². The summed E-state index contributed by atoms with van der Waals surface area (Å²) in [6.45, 7) is 6.89. The zero-order valence-corrected chi connectivity index (χ0v) is 24.0. The van der Waals surface area contributed by atoms with Crippen molar-refractivity contribution in [3.8, 4) is 16.9 Å². The third kappa shape index (κ3) is 11.6. The van der Waals surface area contributed by atoms with Crippen molar-refractivity contribution in [1.82, 2.24) is 0 Å². The molecule has 0 atom stereocenters. The topological polar surface area (TPSA) is 26.3 Å². The number of benzene rings is 3. The lowest BCUT2D eigenvalue weighted by Gasteiger charge is -2.07. The van der Waals surface area contributed by atoms with E-state index >= 15 is 0 Å². The summed E-state index contributed by atoms with van der Waals surface area (Å²) >= 11 is 0. The van der Waals surface area contributed by atoms with Crippen LogP contribution in [0.5, 0.6) is 5.75 Å². The van der Waals surface area contributed by atoms with Crippen molar-refractivity contribution in [1.29, 1.82) is 0 Å². The summed E-state index contributed by atoms with van der Waals surface area (Å²) in [5.41, 5.74) is 5.39. The van der Waals surface area contributed by atoms with Crippen LogP contribution in [0.15, 0.2) is 78.9 Å². The average Bonchev–Trinajstić information content (AvgIpc) is 2.98. The molecule has 0 aromatic heterocycles. The van der Waals surface area contributed by atoms with Gasteiger partial charge in [0, 0.05) is 5.56 Å². The molecular weight excluding hydrogens is 476 g/mol. The van der Waals surface area contributed by atoms with E-state index in [0.29, 0.717) is 5.56 Å². The number of unbranched alkanes of at least 4 members (excludes halogenated alkanes) is 10. The van der Waals surface area contributed by atoms with E-state index in [9.17, 15) is 4.79 Å². The highest BCUT2D eigenvalue weighted by molar-refractivity contribution is 6.07. The van der Waals surface area contributed by atoms with Crippen molar-refractivity contribution in [2.45, 2.75) is 90.4 Å². The van der Waals surface area contributed by atoms with Crippen LogP contribution in [0.3, 0.4) is 0 Å². The number of hydrogen-bond donors (Lipinski definition) is 0. The van der Waals surface area contributed by atoms with Crippen LogP contribution < -0.4 is 4.74 Å². The molecule has 0 aliphatic rings. The smallest absolute Gasteiger partial charge is 0.185 e. The predicted octanol–water partition coefficient (Wildman–Crippen LogP) is 10.7. The molecule has 0 bridgehead atoms. The Morgan fingerprint density at radius 1 is 0.692 bits per heavy atom. The van der Waals surface area contributed by atoms with E-state index in [1.165, 1.54) is 75.3 Å². The van der Waals surface area contributed by atoms with Gasteiger partial charge in [0.2, 0.25) is 0 Å². The number of aryl methyl sites for hydroxylation is 1. The van der Waals surface area contributed by atoms with Crippen molar-refractivity contribution in [3.63, 3.8) is 0 Å². The van der Waals surface area contributed by atoms with E-state index in [2.05, 4.69) is 38.1 Å². The van der Waals surface area contributed by atoms with Gasteiger partial charge in [-0.15, -0.1) is 0 Å². The fourth-order valence-corrected chi connectivity index (χ4v) is 4.74. The van der Waals surface area contributed by atoms with Gasteiger partial charge in [-0.2, -0.15) is 0 Å². The lowest BCUT2D eigenvalue weighted by Crippen LogP contribution is -1.97. The Labute approximate surface area is 237 Å². The van der Waals surface area contributed by atoms with Crippen molar-refractivity contribution >= 4 is 11.9 Å². The first-order valence-corrected chi connectivity index (χ1v) is 15.1. The molecule has 0 spiro atoms. The summed E-state index contributed by atoms with van der Waals surface area (Å²) in [6, 6.07) is 24.7. The van der Waals surface area contributed by atoms with Gasteiger partial charge in [0.1, 0.15) is 5.75 Å². The van der Waals surface area contributed by atoms with Crippen LogP contribution in [0.2, 0.25) is 0 Å². The number of ether oxygens (including phenoxy) is 1. The maximum absolute atomic E-state index is 12.7. The van der Waals surface area contributed by atoms with E-state index in [-0.39, 0.29) is 5.78 Å². The third-order valence-electron chi connectivity index (χ3n) is 7.25. The minimum absolute atomic E-state index is 0.00974. The number of rotatable bonds is 19. The van der Waals surface area contributed by atoms with E-state index < -0.39 is 0 Å². The van der Waals surface area contributed by atoms with Gasteiger partial charge in [-0.05, 0) is 59.7 Å². The molecule has 0 N–H and O–H groups in total. The molecule has 0 saturated heterocycles. The number of ketones is 1. The standard InChI is InChI=1S/C37H47O2/c1-3-5-7-8-9-10-11-12-14-30-39-36-27-18-32(19-28-36)20-29-37(38)35-25-23-34(24-26-35)33-21-16-31(17-22-33)15-13-6-4-2/h16-29H,1,3-15,30H2,2H3/b29-20+. The van der Waals surface area contributed by atoms with Gasteiger partial charge in [-0.25, -0.2) is 0 Å². The molecule has 0 amide bonds. The second-order valence-corrected chi connectivity index (χ2v) is 10.5. The third-order valence-corrected chi connectivity index (χ3v) is 7.25. The van der Waals surface area contributed by atoms with Gasteiger partial charge in [0.25, 0.3) is 0 Å². The number of hydrogen-bond acceptors (Lipinski definition) is 2. The first-order valence-electron chi connectivity index (χ1n) is 15.1. The highest BCUT2D eigenvalue weighted by Gasteiger charge is 2.04. The Hall–Kier alpha value is -3.13. The lowest BCUT2D eigenvalue weighted by molar-refractivity contribution is 0.104. The van der Waals surface area contributed by atoms with E-state index in [1.54, 1.807) is 6.08 Å². The maximum Gasteiger partial charge on any atom is 0.185 e. The molecule has 0 fully saturated rings. The molecule has 0 aliphatic heterocycles. The molecule has 3 aromatic rings. The van der Waals surface area contributed by atoms with Gasteiger partial charge < -0.3 is 4.74 Å². The van der Waals surface area contributed by atoms with E-state index in [4.69, 9.17) is 4.74 Å². The van der Waals surface area contributed by atoms with Gasteiger partial charge >= 0.3 is 0 Å². The Balaban J connectivity index is 1.38. The molecule has 2 nitrogen and oxygen atoms in total. The van der Waals surface area contributed by atoms with Crippen LogP contribution in [0.4, 0.5) is 0 Å². The minimum Gasteiger partial charge on any atom is -0.494 e. The van der Waals surface area contributed by atoms with Crippen molar-refractivity contribution in [2.24, 2.45) is 0 Å². The summed E-state index contributed by atoms with van der Waals surface area (Å²) in [7, 11) is 0. The predicted molar refractivity (Wildman–Crippen MR) is 167 cm³/mol. The van der Waals surface area contributed by atoms with E-state index in [0.717, 1.165) is 42.7 Å². The molecule has 3 aromatic carbocycles. The molecule has 1 radical (unpaired) electrons. The summed E-state index contributed by atoms with van der Waals surface area (Å²) in [6.07, 6.45) is 19.7. The Bertz CT molecular complexity index is 1090. The highest BCUT2D eigenvalue weighted by Crippen LogP contribution is 2.22. The first-order chi connectivity index (χ1) is 19.2. The van der Waals surface area contributed by atoms with Crippen LogP contribution in [-0.4, -0.2) is 12.4 Å². The maximum atomic E-state index is 12.7. The Morgan fingerprint density at radius 3 is 1.90 bits per heavy atom. The van der Waals surface area contributed by atoms with Crippen LogP contribution in [0.25, 0.3) is 17.2 Å². The molecule has 3 rings (SSSR count). The van der Waals surface area contributed by atoms with Crippen molar-refractivity contribution in [2.75, 3.05) is 6.61 Å². The monoisotopic (exact) mass is 523 g/mol. The molecule has 207 valence electrons. The molecule has 0 unspecified atom stereocenters. The fraction of sp³-hybridized carbons (Fsp3) is 0.405. The quantitative estimate of drug-likeness (QED) is 0.0887. The summed E-state index contributed by atoms with van der Waals surface area (Å²) in [5.74, 6) is 0.895. The number of carbonyl (C=O) groups is 1. The molecule has 2 heteroatoms. The van der Waals surface area contributed by atoms with E-state index in [1.807, 2.05) is 54.6 Å². The largest absolute Gasteiger partial charge is 0.494 e. The number of allylic oxidation sites excluding steroid dienone is 1. The zero-order valence-electron chi connectivity index (χ0n) is 24.0.